The normalized spacial score (nSPS) is 10.3. The predicted octanol–water partition coefficient (Wildman–Crippen LogP) is 3.75. The van der Waals surface area contributed by atoms with Gasteiger partial charge in [0.15, 0.2) is 0 Å². The fourth-order valence-corrected chi connectivity index (χ4v) is 2.30. The molecule has 5 nitrogen and oxygen atoms in total. The monoisotopic (exact) mass is 324 g/mol. The molecule has 0 bridgehead atoms. The Balaban J connectivity index is 1.93. The summed E-state index contributed by atoms with van der Waals surface area (Å²) in [4.78, 5) is 24.9. The number of aromatic nitrogens is 3. The van der Waals surface area contributed by atoms with Crippen LogP contribution in [0, 0.1) is 6.92 Å². The lowest BCUT2D eigenvalue weighted by molar-refractivity contribution is 0.102. The van der Waals surface area contributed by atoms with Crippen LogP contribution in [-0.2, 0) is 0 Å². The third-order valence-electron chi connectivity index (χ3n) is 3.11. The number of halogens is 1. The van der Waals surface area contributed by atoms with Gasteiger partial charge in [-0.2, -0.15) is 0 Å². The van der Waals surface area contributed by atoms with Crippen LogP contribution in [0.2, 0.25) is 5.02 Å². The van der Waals surface area contributed by atoms with E-state index < -0.39 is 0 Å². The second-order valence-corrected chi connectivity index (χ2v) is 5.33. The molecule has 0 atom stereocenters. The molecule has 1 N–H and O–H groups in total. The van der Waals surface area contributed by atoms with Crippen LogP contribution in [0.3, 0.4) is 0 Å². The lowest BCUT2D eigenvalue weighted by atomic mass is 10.1. The number of aryl methyl sites for hydroxylation is 1. The summed E-state index contributed by atoms with van der Waals surface area (Å²) in [6.07, 6.45) is 3.21. The Kier molecular flexibility index (Phi) is 4.30. The van der Waals surface area contributed by atoms with Crippen molar-refractivity contribution in [3.05, 3.63) is 71.4 Å². The van der Waals surface area contributed by atoms with Gasteiger partial charge >= 0.3 is 0 Å². The van der Waals surface area contributed by atoms with Crippen molar-refractivity contribution in [2.45, 2.75) is 6.92 Å². The number of amides is 1. The van der Waals surface area contributed by atoms with Crippen molar-refractivity contribution in [1.29, 1.82) is 0 Å². The zero-order valence-electron chi connectivity index (χ0n) is 12.3. The number of nitrogens with zero attached hydrogens (tertiary/aromatic N) is 3. The molecule has 2 aromatic heterocycles. The molecular formula is C17H13ClN4O. The number of anilines is 1. The summed E-state index contributed by atoms with van der Waals surface area (Å²) in [5.41, 5.74) is 2.38. The van der Waals surface area contributed by atoms with Gasteiger partial charge in [-0.1, -0.05) is 23.7 Å². The first kappa shape index (κ1) is 15.1. The topological polar surface area (TPSA) is 67.8 Å². The van der Waals surface area contributed by atoms with Gasteiger partial charge in [0.1, 0.15) is 11.5 Å². The quantitative estimate of drug-likeness (QED) is 0.796. The van der Waals surface area contributed by atoms with Crippen molar-refractivity contribution in [1.82, 2.24) is 15.0 Å². The van der Waals surface area contributed by atoms with Crippen LogP contribution in [0.25, 0.3) is 11.3 Å². The molecule has 114 valence electrons. The highest BCUT2D eigenvalue weighted by molar-refractivity contribution is 6.30. The van der Waals surface area contributed by atoms with Gasteiger partial charge in [0.2, 0.25) is 0 Å². The Morgan fingerprint density at radius 2 is 2.00 bits per heavy atom. The fraction of sp³-hybridized carbons (Fsp3) is 0.0588. The van der Waals surface area contributed by atoms with Gasteiger partial charge in [0, 0.05) is 16.8 Å². The maximum Gasteiger partial charge on any atom is 0.274 e. The average Bonchev–Trinajstić information content (AvgIpc) is 2.55. The number of pyridine rings is 1. The number of hydrogen-bond acceptors (Lipinski definition) is 4. The number of carbonyl (C=O) groups is 1. The van der Waals surface area contributed by atoms with Crippen LogP contribution in [0.5, 0.6) is 0 Å². The van der Waals surface area contributed by atoms with Crippen molar-refractivity contribution in [2.75, 3.05) is 5.32 Å². The Hall–Kier alpha value is -2.79. The van der Waals surface area contributed by atoms with E-state index in [1.165, 1.54) is 0 Å². The molecular weight excluding hydrogens is 312 g/mol. The van der Waals surface area contributed by atoms with Crippen molar-refractivity contribution >= 4 is 23.2 Å². The molecule has 2 heterocycles. The van der Waals surface area contributed by atoms with E-state index in [0.29, 0.717) is 22.2 Å². The molecule has 1 amide bonds. The third-order valence-corrected chi connectivity index (χ3v) is 3.35. The minimum atomic E-state index is -0.313. The lowest BCUT2D eigenvalue weighted by Gasteiger charge is -2.07. The minimum Gasteiger partial charge on any atom is -0.319 e. The van der Waals surface area contributed by atoms with Crippen LogP contribution in [0.4, 0.5) is 5.69 Å². The predicted molar refractivity (Wildman–Crippen MR) is 89.4 cm³/mol. The SMILES string of the molecule is Cc1nc(C(=O)Nc2cccnc2)cc(-c2cccc(Cl)c2)n1. The molecule has 23 heavy (non-hydrogen) atoms. The van der Waals surface area contributed by atoms with E-state index in [-0.39, 0.29) is 11.6 Å². The first-order valence-electron chi connectivity index (χ1n) is 6.95. The third kappa shape index (κ3) is 3.70. The molecule has 0 aliphatic heterocycles. The zero-order chi connectivity index (χ0) is 16.2. The molecule has 3 aromatic rings. The number of benzene rings is 1. The summed E-state index contributed by atoms with van der Waals surface area (Å²) in [6, 6.07) is 12.5. The second kappa shape index (κ2) is 6.54. The van der Waals surface area contributed by atoms with Crippen LogP contribution in [0.1, 0.15) is 16.3 Å². The summed E-state index contributed by atoms with van der Waals surface area (Å²) in [6.45, 7) is 1.74. The summed E-state index contributed by atoms with van der Waals surface area (Å²) >= 11 is 6.01. The van der Waals surface area contributed by atoms with Crippen molar-refractivity contribution in [3.63, 3.8) is 0 Å². The van der Waals surface area contributed by atoms with Gasteiger partial charge in [0.25, 0.3) is 5.91 Å². The van der Waals surface area contributed by atoms with Crippen molar-refractivity contribution in [2.24, 2.45) is 0 Å². The highest BCUT2D eigenvalue weighted by atomic mass is 35.5. The fourth-order valence-electron chi connectivity index (χ4n) is 2.11. The smallest absolute Gasteiger partial charge is 0.274 e. The Morgan fingerprint density at radius 1 is 1.13 bits per heavy atom. The summed E-state index contributed by atoms with van der Waals surface area (Å²) in [5.74, 6) is 0.200. The van der Waals surface area contributed by atoms with E-state index in [9.17, 15) is 4.79 Å². The minimum absolute atomic E-state index is 0.288. The first-order chi connectivity index (χ1) is 11.1. The maximum absolute atomic E-state index is 12.4. The largest absolute Gasteiger partial charge is 0.319 e. The number of nitrogens with one attached hydrogen (secondary N) is 1. The highest BCUT2D eigenvalue weighted by Gasteiger charge is 2.12. The second-order valence-electron chi connectivity index (χ2n) is 4.89. The molecule has 0 saturated heterocycles. The number of carbonyl (C=O) groups excluding carboxylic acids is 1. The molecule has 0 spiro atoms. The molecule has 0 aliphatic rings. The van der Waals surface area contributed by atoms with Crippen LogP contribution < -0.4 is 5.32 Å². The Bertz CT molecular complexity index is 852. The van der Waals surface area contributed by atoms with Crippen molar-refractivity contribution in [3.8, 4) is 11.3 Å². The van der Waals surface area contributed by atoms with E-state index in [2.05, 4.69) is 20.3 Å². The molecule has 3 rings (SSSR count). The van der Waals surface area contributed by atoms with E-state index >= 15 is 0 Å². The van der Waals surface area contributed by atoms with Crippen LogP contribution in [-0.4, -0.2) is 20.9 Å². The van der Waals surface area contributed by atoms with Crippen molar-refractivity contribution < 1.29 is 4.79 Å². The lowest BCUT2D eigenvalue weighted by Crippen LogP contribution is -2.15. The van der Waals surface area contributed by atoms with Gasteiger partial charge < -0.3 is 5.32 Å². The van der Waals surface area contributed by atoms with E-state index in [4.69, 9.17) is 11.6 Å². The van der Waals surface area contributed by atoms with E-state index in [0.717, 1.165) is 5.56 Å². The molecule has 0 saturated carbocycles. The van der Waals surface area contributed by atoms with Gasteiger partial charge in [-0.25, -0.2) is 9.97 Å². The average molecular weight is 325 g/mol. The van der Waals surface area contributed by atoms with Gasteiger partial charge in [-0.15, -0.1) is 0 Å². The summed E-state index contributed by atoms with van der Waals surface area (Å²) < 4.78 is 0. The Morgan fingerprint density at radius 3 is 2.74 bits per heavy atom. The van der Waals surface area contributed by atoms with Crippen LogP contribution in [0.15, 0.2) is 54.9 Å². The standard InChI is InChI=1S/C17H13ClN4O/c1-11-20-15(12-4-2-5-13(18)8-12)9-16(21-11)17(23)22-14-6-3-7-19-10-14/h2-10H,1H3,(H,22,23). The highest BCUT2D eigenvalue weighted by Crippen LogP contribution is 2.22. The number of hydrogen-bond donors (Lipinski definition) is 1. The van der Waals surface area contributed by atoms with E-state index in [1.807, 2.05) is 12.1 Å². The van der Waals surface area contributed by atoms with Gasteiger partial charge in [-0.05, 0) is 37.3 Å². The molecule has 0 fully saturated rings. The molecule has 0 aliphatic carbocycles. The Labute approximate surface area is 138 Å². The molecule has 0 radical (unpaired) electrons. The summed E-state index contributed by atoms with van der Waals surface area (Å²) in [5, 5.41) is 3.37. The van der Waals surface area contributed by atoms with E-state index in [1.54, 1.807) is 49.6 Å². The molecule has 6 heteroatoms. The molecule has 1 aromatic carbocycles. The van der Waals surface area contributed by atoms with Gasteiger partial charge in [0.05, 0.1) is 17.6 Å². The maximum atomic E-state index is 12.4. The van der Waals surface area contributed by atoms with Gasteiger partial charge in [-0.3, -0.25) is 9.78 Å². The molecule has 0 unspecified atom stereocenters. The van der Waals surface area contributed by atoms with Crippen LogP contribution >= 0.6 is 11.6 Å². The zero-order valence-corrected chi connectivity index (χ0v) is 13.1. The number of rotatable bonds is 3. The summed E-state index contributed by atoms with van der Waals surface area (Å²) in [7, 11) is 0. The first-order valence-corrected chi connectivity index (χ1v) is 7.32.